The Morgan fingerprint density at radius 3 is 2.56 bits per heavy atom. The fourth-order valence-electron chi connectivity index (χ4n) is 4.45. The number of hydrogen-bond donors (Lipinski definition) is 1. The van der Waals surface area contributed by atoms with E-state index in [0.29, 0.717) is 17.0 Å². The first-order chi connectivity index (χ1) is 16.5. The molecule has 34 heavy (non-hydrogen) atoms. The molecule has 1 heterocycles. The second kappa shape index (κ2) is 8.98. The number of carboxylic acid groups (broad SMARTS) is 1. The van der Waals surface area contributed by atoms with E-state index in [1.54, 1.807) is 18.2 Å². The van der Waals surface area contributed by atoms with E-state index < -0.39 is 5.97 Å². The molecule has 170 valence electrons. The van der Waals surface area contributed by atoms with Crippen LogP contribution in [0.15, 0.2) is 77.3 Å². The SMILES string of the molecule is Cc1noc(-c2ccc(-c3cccc(C(=O)O)c3)cc2)c1CC(=O)OC1CCc2ccccc21. The topological polar surface area (TPSA) is 89.6 Å². The first-order valence-electron chi connectivity index (χ1n) is 11.2. The van der Waals surface area contributed by atoms with Gasteiger partial charge in [0.1, 0.15) is 6.10 Å². The van der Waals surface area contributed by atoms with E-state index in [1.807, 2.05) is 55.5 Å². The molecule has 0 fully saturated rings. The van der Waals surface area contributed by atoms with Gasteiger partial charge in [-0.1, -0.05) is 65.8 Å². The minimum atomic E-state index is -0.965. The largest absolute Gasteiger partial charge is 0.478 e. The Morgan fingerprint density at radius 1 is 1.00 bits per heavy atom. The lowest BCUT2D eigenvalue weighted by Gasteiger charge is -2.13. The molecular weight excluding hydrogens is 430 g/mol. The molecule has 5 rings (SSSR count). The van der Waals surface area contributed by atoms with Gasteiger partial charge in [-0.3, -0.25) is 4.79 Å². The lowest BCUT2D eigenvalue weighted by Crippen LogP contribution is -2.12. The van der Waals surface area contributed by atoms with Gasteiger partial charge in [0, 0.05) is 11.1 Å². The van der Waals surface area contributed by atoms with Crippen molar-refractivity contribution in [3.05, 3.63) is 101 Å². The molecule has 1 aromatic heterocycles. The Balaban J connectivity index is 1.34. The molecule has 1 aliphatic rings. The van der Waals surface area contributed by atoms with Gasteiger partial charge in [-0.25, -0.2) is 4.79 Å². The van der Waals surface area contributed by atoms with Crippen LogP contribution in [-0.4, -0.2) is 22.2 Å². The third-order valence-corrected chi connectivity index (χ3v) is 6.25. The van der Waals surface area contributed by atoms with E-state index in [-0.39, 0.29) is 24.1 Å². The molecule has 0 spiro atoms. The van der Waals surface area contributed by atoms with Gasteiger partial charge in [-0.15, -0.1) is 0 Å². The zero-order valence-corrected chi connectivity index (χ0v) is 18.7. The van der Waals surface area contributed by atoms with E-state index in [4.69, 9.17) is 9.26 Å². The number of carbonyl (C=O) groups is 2. The first kappa shape index (κ1) is 21.6. The monoisotopic (exact) mass is 453 g/mol. The molecule has 1 atom stereocenters. The number of aryl methyl sites for hydroxylation is 2. The van der Waals surface area contributed by atoms with Crippen molar-refractivity contribution in [2.45, 2.75) is 32.3 Å². The van der Waals surface area contributed by atoms with Gasteiger partial charge < -0.3 is 14.4 Å². The van der Waals surface area contributed by atoms with E-state index in [1.165, 1.54) is 5.56 Å². The molecule has 3 aromatic carbocycles. The van der Waals surface area contributed by atoms with Crippen LogP contribution in [0.2, 0.25) is 0 Å². The Hall–Kier alpha value is -4.19. The zero-order valence-electron chi connectivity index (χ0n) is 18.7. The second-order valence-electron chi connectivity index (χ2n) is 8.43. The van der Waals surface area contributed by atoms with Crippen LogP contribution in [0.3, 0.4) is 0 Å². The van der Waals surface area contributed by atoms with Gasteiger partial charge in [-0.05, 0) is 54.2 Å². The first-order valence-corrected chi connectivity index (χ1v) is 11.2. The summed E-state index contributed by atoms with van der Waals surface area (Å²) in [6.07, 6.45) is 1.57. The maximum atomic E-state index is 12.8. The average molecular weight is 453 g/mol. The van der Waals surface area contributed by atoms with Crippen LogP contribution >= 0.6 is 0 Å². The highest BCUT2D eigenvalue weighted by molar-refractivity contribution is 5.89. The predicted molar refractivity (Wildman–Crippen MR) is 126 cm³/mol. The number of nitrogens with zero attached hydrogens (tertiary/aromatic N) is 1. The van der Waals surface area contributed by atoms with Gasteiger partial charge in [0.05, 0.1) is 17.7 Å². The quantitative estimate of drug-likeness (QED) is 0.372. The molecule has 0 bridgehead atoms. The molecule has 6 nitrogen and oxygen atoms in total. The highest BCUT2D eigenvalue weighted by atomic mass is 16.5. The van der Waals surface area contributed by atoms with E-state index in [2.05, 4.69) is 11.2 Å². The average Bonchev–Trinajstić information content (AvgIpc) is 3.43. The lowest BCUT2D eigenvalue weighted by molar-refractivity contribution is -0.148. The smallest absolute Gasteiger partial charge is 0.335 e. The summed E-state index contributed by atoms with van der Waals surface area (Å²) in [6, 6.07) is 22.4. The van der Waals surface area contributed by atoms with Crippen molar-refractivity contribution in [2.75, 3.05) is 0 Å². The summed E-state index contributed by atoms with van der Waals surface area (Å²) < 4.78 is 11.4. The van der Waals surface area contributed by atoms with Crippen LogP contribution in [0.25, 0.3) is 22.5 Å². The molecule has 4 aromatic rings. The summed E-state index contributed by atoms with van der Waals surface area (Å²) in [5.74, 6) is -0.739. The molecule has 1 aliphatic carbocycles. The Bertz CT molecular complexity index is 1370. The summed E-state index contributed by atoms with van der Waals surface area (Å²) in [4.78, 5) is 24.1. The van der Waals surface area contributed by atoms with Gasteiger partial charge >= 0.3 is 11.9 Å². The Morgan fingerprint density at radius 2 is 1.76 bits per heavy atom. The van der Waals surface area contributed by atoms with E-state index >= 15 is 0 Å². The van der Waals surface area contributed by atoms with E-state index in [9.17, 15) is 14.7 Å². The minimum absolute atomic E-state index is 0.0751. The molecule has 0 radical (unpaired) electrons. The lowest BCUT2D eigenvalue weighted by atomic mass is 9.99. The van der Waals surface area contributed by atoms with Gasteiger partial charge in [0.15, 0.2) is 5.76 Å². The van der Waals surface area contributed by atoms with Gasteiger partial charge in [0.25, 0.3) is 0 Å². The number of benzene rings is 3. The Labute approximate surface area is 196 Å². The molecule has 6 heteroatoms. The number of hydrogen-bond acceptors (Lipinski definition) is 5. The number of esters is 1. The van der Waals surface area contributed by atoms with Crippen molar-refractivity contribution in [1.29, 1.82) is 0 Å². The summed E-state index contributed by atoms with van der Waals surface area (Å²) in [6.45, 7) is 1.81. The van der Waals surface area contributed by atoms with Crippen molar-refractivity contribution in [2.24, 2.45) is 0 Å². The maximum absolute atomic E-state index is 12.8. The van der Waals surface area contributed by atoms with Crippen molar-refractivity contribution in [3.8, 4) is 22.5 Å². The van der Waals surface area contributed by atoms with E-state index in [0.717, 1.165) is 35.1 Å². The zero-order chi connectivity index (χ0) is 23.7. The second-order valence-corrected chi connectivity index (χ2v) is 8.43. The molecule has 0 saturated heterocycles. The molecule has 1 N–H and O–H groups in total. The van der Waals surface area contributed by atoms with Crippen molar-refractivity contribution in [3.63, 3.8) is 0 Å². The van der Waals surface area contributed by atoms with Crippen LogP contribution in [0.5, 0.6) is 0 Å². The van der Waals surface area contributed by atoms with Crippen molar-refractivity contribution >= 4 is 11.9 Å². The number of ether oxygens (including phenoxy) is 1. The fourth-order valence-corrected chi connectivity index (χ4v) is 4.45. The van der Waals surface area contributed by atoms with Crippen molar-refractivity contribution < 1.29 is 24.0 Å². The fraction of sp³-hybridized carbons (Fsp3) is 0.179. The molecular formula is C28H23NO5. The Kier molecular flexibility index (Phi) is 5.72. The highest BCUT2D eigenvalue weighted by Crippen LogP contribution is 2.35. The van der Waals surface area contributed by atoms with Crippen molar-refractivity contribution in [1.82, 2.24) is 5.16 Å². The summed E-state index contributed by atoms with van der Waals surface area (Å²) in [5.41, 5.74) is 6.38. The number of aromatic nitrogens is 1. The van der Waals surface area contributed by atoms with Gasteiger partial charge in [0.2, 0.25) is 0 Å². The number of fused-ring (bicyclic) bond motifs is 1. The number of rotatable bonds is 6. The van der Waals surface area contributed by atoms with Crippen LogP contribution < -0.4 is 0 Å². The third kappa shape index (κ3) is 4.22. The minimum Gasteiger partial charge on any atom is -0.478 e. The van der Waals surface area contributed by atoms with Crippen LogP contribution in [-0.2, 0) is 22.4 Å². The maximum Gasteiger partial charge on any atom is 0.335 e. The van der Waals surface area contributed by atoms with Crippen LogP contribution in [0, 0.1) is 6.92 Å². The standard InChI is InChI=1S/C28H23NO5/c1-17-24(16-26(30)33-25-14-13-19-5-2-3-8-23(19)25)27(34-29-17)20-11-9-18(10-12-20)21-6-4-7-22(15-21)28(31)32/h2-12,15,25H,13-14,16H2,1H3,(H,31,32). The van der Waals surface area contributed by atoms with Crippen LogP contribution in [0.1, 0.15) is 45.3 Å². The molecule has 1 unspecified atom stereocenters. The molecule has 0 amide bonds. The predicted octanol–water partition coefficient (Wildman–Crippen LogP) is 5.79. The number of carboxylic acids is 1. The summed E-state index contributed by atoms with van der Waals surface area (Å²) in [7, 11) is 0. The number of aromatic carboxylic acids is 1. The summed E-state index contributed by atoms with van der Waals surface area (Å²) in [5, 5.41) is 13.3. The molecule has 0 aliphatic heterocycles. The normalized spacial score (nSPS) is 14.6. The number of carbonyl (C=O) groups excluding carboxylic acids is 1. The highest BCUT2D eigenvalue weighted by Gasteiger charge is 2.27. The third-order valence-electron chi connectivity index (χ3n) is 6.25. The van der Waals surface area contributed by atoms with Crippen LogP contribution in [0.4, 0.5) is 0 Å². The summed E-state index contributed by atoms with van der Waals surface area (Å²) >= 11 is 0. The van der Waals surface area contributed by atoms with Gasteiger partial charge in [-0.2, -0.15) is 0 Å². The molecule has 0 saturated carbocycles.